The molecule has 0 bridgehead atoms. The van der Waals surface area contributed by atoms with Crippen molar-refractivity contribution in [1.29, 1.82) is 10.5 Å². The SMILES string of the molecule is COc1ccc(C2C(C#N)=C(N)N(c3nnc(SCC(=O)Nc4ccc(C#N)cc4)s3)C3=C2C(=O)CCC3)c(OC)c1OC. The lowest BCUT2D eigenvalue weighted by Crippen LogP contribution is -2.38. The molecule has 3 N–H and O–H groups in total. The highest BCUT2D eigenvalue weighted by molar-refractivity contribution is 8.01. The van der Waals surface area contributed by atoms with Gasteiger partial charge in [-0.3, -0.25) is 14.5 Å². The van der Waals surface area contributed by atoms with E-state index in [4.69, 9.17) is 25.2 Å². The van der Waals surface area contributed by atoms with Crippen LogP contribution in [0.25, 0.3) is 0 Å². The van der Waals surface area contributed by atoms with Crippen LogP contribution in [0.4, 0.5) is 10.8 Å². The minimum Gasteiger partial charge on any atom is -0.493 e. The van der Waals surface area contributed by atoms with Crippen molar-refractivity contribution >= 4 is 45.6 Å². The number of nitrogens with one attached hydrogen (secondary N) is 1. The van der Waals surface area contributed by atoms with Gasteiger partial charge in [0.05, 0.1) is 56.3 Å². The predicted molar refractivity (Wildman–Crippen MR) is 164 cm³/mol. The first-order valence-electron chi connectivity index (χ1n) is 13.4. The molecule has 0 spiro atoms. The van der Waals surface area contributed by atoms with E-state index in [1.807, 2.05) is 6.07 Å². The second-order valence-electron chi connectivity index (χ2n) is 9.62. The number of carbonyl (C=O) groups excluding carboxylic acids is 2. The van der Waals surface area contributed by atoms with Gasteiger partial charge in [0.1, 0.15) is 5.82 Å². The second-order valence-corrected chi connectivity index (χ2v) is 11.8. The van der Waals surface area contributed by atoms with Crippen LogP contribution in [0.3, 0.4) is 0 Å². The third-order valence-electron chi connectivity index (χ3n) is 7.17. The number of ether oxygens (including phenoxy) is 3. The van der Waals surface area contributed by atoms with Gasteiger partial charge in [-0.1, -0.05) is 29.2 Å². The summed E-state index contributed by atoms with van der Waals surface area (Å²) >= 11 is 2.40. The Morgan fingerprint density at radius 3 is 2.48 bits per heavy atom. The van der Waals surface area contributed by atoms with Crippen molar-refractivity contribution in [3.63, 3.8) is 0 Å². The maximum Gasteiger partial charge on any atom is 0.234 e. The normalized spacial score (nSPS) is 16.2. The highest BCUT2D eigenvalue weighted by Crippen LogP contribution is 2.52. The largest absolute Gasteiger partial charge is 0.493 e. The molecule has 3 aromatic rings. The molecule has 1 aliphatic heterocycles. The quantitative estimate of drug-likeness (QED) is 0.318. The Kier molecular flexibility index (Phi) is 9.04. The molecule has 1 atom stereocenters. The highest BCUT2D eigenvalue weighted by atomic mass is 32.2. The Hall–Kier alpha value is -5.05. The minimum absolute atomic E-state index is 0.0665. The van der Waals surface area contributed by atoms with Crippen molar-refractivity contribution in [2.45, 2.75) is 29.5 Å². The number of rotatable bonds is 9. The van der Waals surface area contributed by atoms with Gasteiger partial charge in [-0.15, -0.1) is 10.2 Å². The summed E-state index contributed by atoms with van der Waals surface area (Å²) in [6.45, 7) is 0. The summed E-state index contributed by atoms with van der Waals surface area (Å²) in [6, 6.07) is 14.3. The van der Waals surface area contributed by atoms with E-state index in [1.165, 1.54) is 44.4 Å². The number of thioether (sulfide) groups is 1. The van der Waals surface area contributed by atoms with Crippen molar-refractivity contribution in [2.75, 3.05) is 37.3 Å². The number of hydrogen-bond donors (Lipinski definition) is 2. The molecule has 1 aromatic heterocycles. The molecule has 1 aliphatic carbocycles. The molecule has 5 rings (SSSR count). The van der Waals surface area contributed by atoms with Gasteiger partial charge in [-0.05, 0) is 43.2 Å². The molecule has 2 aromatic carbocycles. The third kappa shape index (κ3) is 5.65. The van der Waals surface area contributed by atoms with Crippen LogP contribution in [0.2, 0.25) is 0 Å². The lowest BCUT2D eigenvalue weighted by atomic mass is 9.75. The summed E-state index contributed by atoms with van der Waals surface area (Å²) in [5.41, 5.74) is 9.56. The molecule has 44 heavy (non-hydrogen) atoms. The number of anilines is 2. The van der Waals surface area contributed by atoms with Crippen molar-refractivity contribution < 1.29 is 23.8 Å². The Labute approximate surface area is 261 Å². The number of nitrogens with zero attached hydrogens (tertiary/aromatic N) is 5. The van der Waals surface area contributed by atoms with Gasteiger partial charge in [0.15, 0.2) is 21.6 Å². The molecule has 0 saturated carbocycles. The lowest BCUT2D eigenvalue weighted by molar-refractivity contribution is -0.116. The van der Waals surface area contributed by atoms with E-state index in [9.17, 15) is 14.9 Å². The molecule has 0 saturated heterocycles. The van der Waals surface area contributed by atoms with Crippen molar-refractivity contribution in [3.8, 4) is 29.4 Å². The van der Waals surface area contributed by atoms with Gasteiger partial charge in [0, 0.05) is 28.9 Å². The van der Waals surface area contributed by atoms with Gasteiger partial charge in [0.25, 0.3) is 0 Å². The van der Waals surface area contributed by atoms with E-state index < -0.39 is 5.92 Å². The summed E-state index contributed by atoms with van der Waals surface area (Å²) in [5.74, 6) is 0.171. The Balaban J connectivity index is 1.46. The molecule has 2 aliphatic rings. The summed E-state index contributed by atoms with van der Waals surface area (Å²) in [4.78, 5) is 27.7. The van der Waals surface area contributed by atoms with E-state index in [2.05, 4.69) is 21.6 Å². The van der Waals surface area contributed by atoms with Crippen LogP contribution in [0.5, 0.6) is 17.2 Å². The van der Waals surface area contributed by atoms with Gasteiger partial charge < -0.3 is 25.3 Å². The maximum absolute atomic E-state index is 13.6. The van der Waals surface area contributed by atoms with E-state index in [0.29, 0.717) is 74.1 Å². The van der Waals surface area contributed by atoms with Crippen molar-refractivity contribution in [3.05, 3.63) is 70.2 Å². The van der Waals surface area contributed by atoms with Gasteiger partial charge in [-0.2, -0.15) is 10.5 Å². The van der Waals surface area contributed by atoms with Crippen LogP contribution in [-0.2, 0) is 9.59 Å². The van der Waals surface area contributed by atoms with Crippen LogP contribution in [0.15, 0.2) is 63.4 Å². The van der Waals surface area contributed by atoms with Gasteiger partial charge >= 0.3 is 0 Å². The number of nitriles is 2. The van der Waals surface area contributed by atoms with Crippen LogP contribution in [-0.4, -0.2) is 49.0 Å². The number of Topliss-reactive ketones (excluding diaryl/α,β-unsaturated/α-hetero) is 1. The number of aromatic nitrogens is 2. The highest BCUT2D eigenvalue weighted by Gasteiger charge is 2.43. The molecule has 224 valence electrons. The van der Waals surface area contributed by atoms with Crippen molar-refractivity contribution in [2.24, 2.45) is 5.73 Å². The van der Waals surface area contributed by atoms with E-state index in [0.717, 1.165) is 0 Å². The molecule has 0 fully saturated rings. The molecule has 14 heteroatoms. The van der Waals surface area contributed by atoms with E-state index in [1.54, 1.807) is 41.3 Å². The number of benzene rings is 2. The fourth-order valence-electron chi connectivity index (χ4n) is 5.27. The number of ketones is 1. The van der Waals surface area contributed by atoms with E-state index in [-0.39, 0.29) is 28.8 Å². The molecule has 2 heterocycles. The zero-order valence-electron chi connectivity index (χ0n) is 24.0. The van der Waals surface area contributed by atoms with Crippen LogP contribution in [0.1, 0.15) is 36.3 Å². The number of amides is 1. The standard InChI is InChI=1S/C30H27N7O5S2/c1-40-22-12-11-18(26(41-2)27(22)42-3)24-19(14-32)28(33)37(20-5-4-6-21(38)25(20)24)29-35-36-30(44-29)43-15-23(39)34-17-9-7-16(13-31)8-10-17/h7-12,24H,4-6,15,33H2,1-3H3,(H,34,39). The molecule has 1 unspecified atom stereocenters. The number of nitrogens with two attached hydrogens (primary N) is 1. The monoisotopic (exact) mass is 629 g/mol. The van der Waals surface area contributed by atoms with Crippen molar-refractivity contribution in [1.82, 2.24) is 10.2 Å². The Morgan fingerprint density at radius 1 is 1.07 bits per heavy atom. The first-order valence-corrected chi connectivity index (χ1v) is 15.2. The molecule has 1 amide bonds. The van der Waals surface area contributed by atoms with Gasteiger partial charge in [-0.25, -0.2) is 0 Å². The third-order valence-corrected chi connectivity index (χ3v) is 9.21. The summed E-state index contributed by atoms with van der Waals surface area (Å²) < 4.78 is 17.2. The molecule has 12 nitrogen and oxygen atoms in total. The maximum atomic E-state index is 13.6. The zero-order valence-corrected chi connectivity index (χ0v) is 25.7. The topological polar surface area (TPSA) is 176 Å². The average molecular weight is 630 g/mol. The smallest absolute Gasteiger partial charge is 0.234 e. The zero-order chi connectivity index (χ0) is 31.4. The van der Waals surface area contributed by atoms with Crippen LogP contribution in [0, 0.1) is 22.7 Å². The number of methoxy groups -OCH3 is 3. The molecule has 0 radical (unpaired) electrons. The van der Waals surface area contributed by atoms with Gasteiger partial charge in [0.2, 0.25) is 16.8 Å². The first-order chi connectivity index (χ1) is 21.3. The number of allylic oxidation sites excluding steroid dienone is 3. The fraction of sp³-hybridized carbons (Fsp3) is 0.267. The van der Waals surface area contributed by atoms with E-state index >= 15 is 0 Å². The molecular weight excluding hydrogens is 603 g/mol. The van der Waals surface area contributed by atoms with Crippen LogP contribution >= 0.6 is 23.1 Å². The number of hydrogen-bond acceptors (Lipinski definition) is 13. The summed E-state index contributed by atoms with van der Waals surface area (Å²) in [5, 5.41) is 31.0. The average Bonchev–Trinajstić information content (AvgIpc) is 3.51. The van der Waals surface area contributed by atoms with Crippen LogP contribution < -0.4 is 30.2 Å². The Morgan fingerprint density at radius 2 is 1.82 bits per heavy atom. The number of carbonyl (C=O) groups is 2. The Bertz CT molecular complexity index is 1770. The first kappa shape index (κ1) is 30.4. The summed E-state index contributed by atoms with van der Waals surface area (Å²) in [7, 11) is 4.48. The summed E-state index contributed by atoms with van der Waals surface area (Å²) in [6.07, 6.45) is 1.46. The molecular formula is C30H27N7O5S2. The predicted octanol–water partition coefficient (Wildman–Crippen LogP) is 4.47. The second kappa shape index (κ2) is 13.1. The minimum atomic E-state index is -0.790. The fourth-order valence-corrected chi connectivity index (χ4v) is 6.95. The lowest BCUT2D eigenvalue weighted by Gasteiger charge is -2.38.